The Morgan fingerprint density at radius 3 is 2.89 bits per heavy atom. The maximum Gasteiger partial charge on any atom is 0.271 e. The number of fused-ring (bicyclic) bond motifs is 1. The van der Waals surface area contributed by atoms with Crippen LogP contribution in [0.1, 0.15) is 0 Å². The highest BCUT2D eigenvalue weighted by molar-refractivity contribution is 5.77. The molecule has 1 saturated heterocycles. The highest BCUT2D eigenvalue weighted by atomic mass is 16.6. The van der Waals surface area contributed by atoms with Crippen LogP contribution in [0.15, 0.2) is 24.5 Å². The second kappa shape index (κ2) is 4.94. The summed E-state index contributed by atoms with van der Waals surface area (Å²) in [5.74, 6) is 0. The molecule has 2 heterocycles. The van der Waals surface area contributed by atoms with E-state index in [1.165, 1.54) is 6.07 Å². The fraction of sp³-hybridized carbons (Fsp3) is 0.417. The third-order valence-electron chi connectivity index (χ3n) is 3.27. The van der Waals surface area contributed by atoms with E-state index in [9.17, 15) is 10.1 Å². The zero-order valence-electron chi connectivity index (χ0n) is 10.4. The van der Waals surface area contributed by atoms with Crippen LogP contribution in [0.5, 0.6) is 0 Å². The van der Waals surface area contributed by atoms with Crippen molar-refractivity contribution in [3.63, 3.8) is 0 Å². The Morgan fingerprint density at radius 2 is 2.16 bits per heavy atom. The molecule has 0 unspecified atom stereocenters. The van der Waals surface area contributed by atoms with E-state index in [0.29, 0.717) is 6.67 Å². The number of benzene rings is 1. The molecular formula is C12H14N4O3. The first-order chi connectivity index (χ1) is 9.24. The number of ether oxygens (including phenoxy) is 1. The highest BCUT2D eigenvalue weighted by Crippen LogP contribution is 2.20. The summed E-state index contributed by atoms with van der Waals surface area (Å²) in [7, 11) is 0. The van der Waals surface area contributed by atoms with Crippen LogP contribution in [0.3, 0.4) is 0 Å². The number of hydrogen-bond donors (Lipinski definition) is 0. The number of aromatic nitrogens is 2. The van der Waals surface area contributed by atoms with Crippen LogP contribution in [-0.4, -0.2) is 45.7 Å². The molecule has 19 heavy (non-hydrogen) atoms. The smallest absolute Gasteiger partial charge is 0.271 e. The first kappa shape index (κ1) is 12.1. The van der Waals surface area contributed by atoms with Gasteiger partial charge in [-0.2, -0.15) is 0 Å². The van der Waals surface area contributed by atoms with E-state index < -0.39 is 0 Å². The predicted molar refractivity (Wildman–Crippen MR) is 68.8 cm³/mol. The number of non-ortho nitro benzene ring substituents is 1. The van der Waals surface area contributed by atoms with Gasteiger partial charge < -0.3 is 9.30 Å². The fourth-order valence-corrected chi connectivity index (χ4v) is 2.23. The topological polar surface area (TPSA) is 73.4 Å². The second-order valence-electron chi connectivity index (χ2n) is 4.52. The molecule has 1 aromatic carbocycles. The van der Waals surface area contributed by atoms with E-state index in [2.05, 4.69) is 9.88 Å². The lowest BCUT2D eigenvalue weighted by Gasteiger charge is -2.26. The Labute approximate surface area is 109 Å². The Balaban J connectivity index is 1.89. The van der Waals surface area contributed by atoms with E-state index in [-0.39, 0.29) is 10.6 Å². The number of nitro groups is 1. The molecule has 2 aromatic rings. The van der Waals surface area contributed by atoms with Crippen LogP contribution in [0, 0.1) is 10.1 Å². The lowest BCUT2D eigenvalue weighted by molar-refractivity contribution is -0.384. The molecule has 7 nitrogen and oxygen atoms in total. The van der Waals surface area contributed by atoms with Crippen molar-refractivity contribution in [2.24, 2.45) is 0 Å². The molecule has 0 spiro atoms. The van der Waals surface area contributed by atoms with Gasteiger partial charge in [0.15, 0.2) is 0 Å². The third-order valence-corrected chi connectivity index (χ3v) is 3.27. The minimum Gasteiger partial charge on any atom is -0.379 e. The first-order valence-corrected chi connectivity index (χ1v) is 6.13. The molecule has 3 rings (SSSR count). The molecule has 1 aliphatic heterocycles. The van der Waals surface area contributed by atoms with Crippen LogP contribution >= 0.6 is 0 Å². The van der Waals surface area contributed by atoms with Gasteiger partial charge in [-0.1, -0.05) is 0 Å². The van der Waals surface area contributed by atoms with Gasteiger partial charge in [0.25, 0.3) is 5.69 Å². The van der Waals surface area contributed by atoms with Crippen LogP contribution < -0.4 is 0 Å². The molecule has 0 aliphatic carbocycles. The first-order valence-electron chi connectivity index (χ1n) is 6.13. The maximum atomic E-state index is 10.8. The molecule has 1 fully saturated rings. The van der Waals surface area contributed by atoms with Gasteiger partial charge >= 0.3 is 0 Å². The average Bonchev–Trinajstić information content (AvgIpc) is 2.82. The van der Waals surface area contributed by atoms with Crippen molar-refractivity contribution < 1.29 is 9.66 Å². The zero-order valence-corrected chi connectivity index (χ0v) is 10.4. The summed E-state index contributed by atoms with van der Waals surface area (Å²) in [5.41, 5.74) is 1.66. The van der Waals surface area contributed by atoms with Gasteiger partial charge in [-0.3, -0.25) is 15.0 Å². The van der Waals surface area contributed by atoms with E-state index in [1.54, 1.807) is 18.5 Å². The van der Waals surface area contributed by atoms with E-state index in [1.807, 2.05) is 4.57 Å². The summed E-state index contributed by atoms with van der Waals surface area (Å²) in [5, 5.41) is 10.8. The van der Waals surface area contributed by atoms with Crippen molar-refractivity contribution >= 4 is 16.7 Å². The summed E-state index contributed by atoms with van der Waals surface area (Å²) in [6, 6.07) is 4.74. The molecule has 0 radical (unpaired) electrons. The standard InChI is InChI=1S/C12H14N4O3/c17-16(18)10-1-2-11-12(7-10)15(8-13-11)9-14-3-5-19-6-4-14/h1-2,7-8H,3-6,9H2. The molecule has 1 aliphatic rings. The summed E-state index contributed by atoms with van der Waals surface area (Å²) >= 11 is 0. The minimum atomic E-state index is -0.383. The van der Waals surface area contributed by atoms with Crippen LogP contribution in [0.2, 0.25) is 0 Å². The van der Waals surface area contributed by atoms with Gasteiger partial charge in [0.2, 0.25) is 0 Å². The molecule has 100 valence electrons. The van der Waals surface area contributed by atoms with Crippen molar-refractivity contribution in [2.45, 2.75) is 6.67 Å². The number of hydrogen-bond acceptors (Lipinski definition) is 5. The molecule has 0 amide bonds. The molecule has 0 N–H and O–H groups in total. The van der Waals surface area contributed by atoms with Crippen LogP contribution in [0.25, 0.3) is 11.0 Å². The second-order valence-corrected chi connectivity index (χ2v) is 4.52. The molecule has 0 bridgehead atoms. The summed E-state index contributed by atoms with van der Waals surface area (Å²) < 4.78 is 7.24. The van der Waals surface area contributed by atoms with Gasteiger partial charge in [0, 0.05) is 25.2 Å². The number of nitro benzene ring substituents is 1. The highest BCUT2D eigenvalue weighted by Gasteiger charge is 2.14. The summed E-state index contributed by atoms with van der Waals surface area (Å²) in [6.45, 7) is 3.88. The average molecular weight is 262 g/mol. The zero-order chi connectivity index (χ0) is 13.2. The Kier molecular flexibility index (Phi) is 3.14. The van der Waals surface area contributed by atoms with Gasteiger partial charge in [-0.25, -0.2) is 4.98 Å². The Hall–Kier alpha value is -1.99. The van der Waals surface area contributed by atoms with Gasteiger partial charge in [-0.15, -0.1) is 0 Å². The number of rotatable bonds is 3. The quantitative estimate of drug-likeness (QED) is 0.614. The van der Waals surface area contributed by atoms with Crippen molar-refractivity contribution in [2.75, 3.05) is 26.3 Å². The van der Waals surface area contributed by atoms with E-state index in [0.717, 1.165) is 37.3 Å². The maximum absolute atomic E-state index is 10.8. The lowest BCUT2D eigenvalue weighted by Crippen LogP contribution is -2.37. The predicted octanol–water partition coefficient (Wildman–Crippen LogP) is 1.23. The lowest BCUT2D eigenvalue weighted by atomic mass is 10.3. The van der Waals surface area contributed by atoms with Gasteiger partial charge in [0.05, 0.1) is 42.2 Å². The minimum absolute atomic E-state index is 0.0937. The van der Waals surface area contributed by atoms with E-state index >= 15 is 0 Å². The summed E-state index contributed by atoms with van der Waals surface area (Å²) in [4.78, 5) is 16.9. The Morgan fingerprint density at radius 1 is 1.37 bits per heavy atom. The molecule has 1 aromatic heterocycles. The SMILES string of the molecule is O=[N+]([O-])c1ccc2ncn(CN3CCOCC3)c2c1. The van der Waals surface area contributed by atoms with Crippen LogP contribution in [-0.2, 0) is 11.4 Å². The molecule has 0 atom stereocenters. The molecule has 0 saturated carbocycles. The van der Waals surface area contributed by atoms with Crippen molar-refractivity contribution in [1.82, 2.24) is 14.5 Å². The molecular weight excluding hydrogens is 248 g/mol. The normalized spacial score (nSPS) is 16.8. The monoisotopic (exact) mass is 262 g/mol. The third kappa shape index (κ3) is 2.42. The van der Waals surface area contributed by atoms with Gasteiger partial charge in [0.1, 0.15) is 0 Å². The Bertz CT molecular complexity index is 604. The number of nitrogens with zero attached hydrogens (tertiary/aromatic N) is 4. The largest absolute Gasteiger partial charge is 0.379 e. The van der Waals surface area contributed by atoms with Crippen LogP contribution in [0.4, 0.5) is 5.69 Å². The number of morpholine rings is 1. The van der Waals surface area contributed by atoms with Crippen molar-refractivity contribution in [3.05, 3.63) is 34.6 Å². The molecule has 7 heteroatoms. The van der Waals surface area contributed by atoms with Crippen molar-refractivity contribution in [3.8, 4) is 0 Å². The number of imidazole rings is 1. The van der Waals surface area contributed by atoms with E-state index in [4.69, 9.17) is 4.74 Å². The van der Waals surface area contributed by atoms with Crippen molar-refractivity contribution in [1.29, 1.82) is 0 Å². The fourth-order valence-electron chi connectivity index (χ4n) is 2.23. The van der Waals surface area contributed by atoms with Gasteiger partial charge in [-0.05, 0) is 6.07 Å². The summed E-state index contributed by atoms with van der Waals surface area (Å²) in [6.07, 6.45) is 1.73.